The largest absolute Gasteiger partial charge is 0.511 e. The van der Waals surface area contributed by atoms with Crippen LogP contribution in [0, 0.1) is 15.9 Å². The number of halogens is 2. The van der Waals surface area contributed by atoms with Crippen LogP contribution in [0.2, 0.25) is 5.02 Å². The van der Waals surface area contributed by atoms with Crippen molar-refractivity contribution in [2.75, 3.05) is 0 Å². The van der Waals surface area contributed by atoms with E-state index < -0.39 is 28.3 Å². The van der Waals surface area contributed by atoms with Gasteiger partial charge in [-0.1, -0.05) is 11.6 Å². The summed E-state index contributed by atoms with van der Waals surface area (Å²) in [6.07, 6.45) is -1.70. The second kappa shape index (κ2) is 4.09. The van der Waals surface area contributed by atoms with Crippen LogP contribution in [0.25, 0.3) is 0 Å². The Hall–Kier alpha value is -1.89. The van der Waals surface area contributed by atoms with E-state index >= 15 is 0 Å². The Morgan fingerprint density at radius 2 is 2.20 bits per heavy atom. The van der Waals surface area contributed by atoms with Crippen molar-refractivity contribution >= 4 is 23.4 Å². The molecule has 1 N–H and O–H groups in total. The van der Waals surface area contributed by atoms with Gasteiger partial charge in [-0.3, -0.25) is 10.1 Å². The Balaban J connectivity index is 3.23. The molecule has 0 bridgehead atoms. The first-order chi connectivity index (χ1) is 6.91. The summed E-state index contributed by atoms with van der Waals surface area (Å²) in [6.45, 7) is 0. The molecule has 0 spiro atoms. The second-order valence-corrected chi connectivity index (χ2v) is 2.77. The Morgan fingerprint density at radius 1 is 1.60 bits per heavy atom. The highest BCUT2D eigenvalue weighted by Crippen LogP contribution is 2.31. The standard InChI is InChI=1S/C7H3ClFNO5/c8-3-1-4(9)5(10(13)14)2-6(3)15-7(11)12/h1-2H,(H,11,12). The number of ether oxygens (including phenoxy) is 1. The zero-order valence-corrected chi connectivity index (χ0v) is 7.69. The van der Waals surface area contributed by atoms with E-state index in [1.54, 1.807) is 0 Å². The quantitative estimate of drug-likeness (QED) is 0.368. The number of nitro groups is 1. The molecule has 0 fully saturated rings. The number of rotatable bonds is 2. The Kier molecular flexibility index (Phi) is 3.05. The monoisotopic (exact) mass is 235 g/mol. The maximum absolute atomic E-state index is 12.9. The summed E-state index contributed by atoms with van der Waals surface area (Å²) in [4.78, 5) is 19.4. The summed E-state index contributed by atoms with van der Waals surface area (Å²) >= 11 is 5.40. The molecular weight excluding hydrogens is 233 g/mol. The van der Waals surface area contributed by atoms with Gasteiger partial charge in [0.05, 0.1) is 16.0 Å². The molecule has 8 heteroatoms. The second-order valence-electron chi connectivity index (χ2n) is 2.36. The van der Waals surface area contributed by atoms with Crippen LogP contribution in [0.5, 0.6) is 5.75 Å². The maximum Gasteiger partial charge on any atom is 0.511 e. The molecule has 1 aromatic carbocycles. The van der Waals surface area contributed by atoms with Gasteiger partial charge in [-0.15, -0.1) is 0 Å². The van der Waals surface area contributed by atoms with E-state index in [4.69, 9.17) is 16.7 Å². The third-order valence-corrected chi connectivity index (χ3v) is 1.69. The van der Waals surface area contributed by atoms with Gasteiger partial charge in [0.15, 0.2) is 5.75 Å². The Bertz CT molecular complexity index is 436. The molecule has 0 aliphatic heterocycles. The number of nitro benzene ring substituents is 1. The minimum Gasteiger partial charge on any atom is -0.449 e. The minimum atomic E-state index is -1.70. The van der Waals surface area contributed by atoms with Crippen LogP contribution in [-0.2, 0) is 0 Å². The number of benzene rings is 1. The normalized spacial score (nSPS) is 9.73. The molecule has 6 nitrogen and oxygen atoms in total. The van der Waals surface area contributed by atoms with Crippen molar-refractivity contribution in [3.63, 3.8) is 0 Å². The summed E-state index contributed by atoms with van der Waals surface area (Å²) in [6, 6.07) is 1.21. The number of hydrogen-bond acceptors (Lipinski definition) is 4. The molecular formula is C7H3ClFNO5. The summed E-state index contributed by atoms with van der Waals surface area (Å²) in [7, 11) is 0. The van der Waals surface area contributed by atoms with E-state index in [1.165, 1.54) is 0 Å². The molecule has 0 unspecified atom stereocenters. The van der Waals surface area contributed by atoms with Crippen LogP contribution in [0.3, 0.4) is 0 Å². The van der Waals surface area contributed by atoms with Gasteiger partial charge in [-0.05, 0) is 0 Å². The lowest BCUT2D eigenvalue weighted by molar-refractivity contribution is -0.387. The fraction of sp³-hybridized carbons (Fsp3) is 0. The molecule has 0 aromatic heterocycles. The van der Waals surface area contributed by atoms with Crippen LogP contribution in [0.1, 0.15) is 0 Å². The van der Waals surface area contributed by atoms with Crippen molar-refractivity contribution in [3.8, 4) is 5.75 Å². The molecule has 15 heavy (non-hydrogen) atoms. The van der Waals surface area contributed by atoms with E-state index in [0.717, 1.165) is 0 Å². The zero-order chi connectivity index (χ0) is 11.6. The first-order valence-electron chi connectivity index (χ1n) is 3.46. The highest BCUT2D eigenvalue weighted by Gasteiger charge is 2.19. The predicted molar refractivity (Wildman–Crippen MR) is 46.7 cm³/mol. The van der Waals surface area contributed by atoms with Crippen LogP contribution in [0.4, 0.5) is 14.9 Å². The van der Waals surface area contributed by atoms with Crippen molar-refractivity contribution in [3.05, 3.63) is 33.1 Å². The van der Waals surface area contributed by atoms with Crippen LogP contribution < -0.4 is 4.74 Å². The van der Waals surface area contributed by atoms with Gasteiger partial charge in [0.1, 0.15) is 0 Å². The van der Waals surface area contributed by atoms with E-state index in [-0.39, 0.29) is 5.02 Å². The van der Waals surface area contributed by atoms with Gasteiger partial charge in [0.2, 0.25) is 5.82 Å². The highest BCUT2D eigenvalue weighted by atomic mass is 35.5. The third-order valence-electron chi connectivity index (χ3n) is 1.40. The van der Waals surface area contributed by atoms with Gasteiger partial charge in [0, 0.05) is 6.07 Å². The topological polar surface area (TPSA) is 89.7 Å². The van der Waals surface area contributed by atoms with Crippen LogP contribution >= 0.6 is 11.6 Å². The number of hydrogen-bond donors (Lipinski definition) is 1. The van der Waals surface area contributed by atoms with Gasteiger partial charge in [-0.2, -0.15) is 4.39 Å². The van der Waals surface area contributed by atoms with Crippen molar-refractivity contribution < 1.29 is 24.0 Å². The Labute approximate surface area is 87.0 Å². The molecule has 0 saturated heterocycles. The predicted octanol–water partition coefficient (Wildman–Crippen LogP) is 2.44. The zero-order valence-electron chi connectivity index (χ0n) is 6.94. The van der Waals surface area contributed by atoms with Crippen LogP contribution in [0.15, 0.2) is 12.1 Å². The molecule has 0 amide bonds. The van der Waals surface area contributed by atoms with Crippen molar-refractivity contribution in [2.24, 2.45) is 0 Å². The molecule has 0 aliphatic carbocycles. The Morgan fingerprint density at radius 3 is 2.67 bits per heavy atom. The first kappa shape index (κ1) is 11.2. The molecule has 0 saturated carbocycles. The van der Waals surface area contributed by atoms with Crippen molar-refractivity contribution in [1.82, 2.24) is 0 Å². The molecule has 0 heterocycles. The van der Waals surface area contributed by atoms with E-state index in [1.807, 2.05) is 0 Å². The summed E-state index contributed by atoms with van der Waals surface area (Å²) in [5.41, 5.74) is -0.907. The lowest BCUT2D eigenvalue weighted by Gasteiger charge is -2.02. The lowest BCUT2D eigenvalue weighted by atomic mass is 10.3. The number of nitrogens with zero attached hydrogens (tertiary/aromatic N) is 1. The molecule has 0 radical (unpaired) electrons. The van der Waals surface area contributed by atoms with E-state index in [9.17, 15) is 19.3 Å². The molecule has 0 aliphatic rings. The van der Waals surface area contributed by atoms with E-state index in [2.05, 4.69) is 4.74 Å². The lowest BCUT2D eigenvalue weighted by Crippen LogP contribution is -2.04. The first-order valence-corrected chi connectivity index (χ1v) is 3.84. The minimum absolute atomic E-state index is 0.361. The molecule has 1 rings (SSSR count). The third kappa shape index (κ3) is 2.53. The summed E-state index contributed by atoms with van der Waals surface area (Å²) in [5.74, 6) is -1.65. The van der Waals surface area contributed by atoms with Crippen molar-refractivity contribution in [2.45, 2.75) is 0 Å². The molecule has 0 atom stereocenters. The van der Waals surface area contributed by atoms with Gasteiger partial charge < -0.3 is 9.84 Å². The van der Waals surface area contributed by atoms with Crippen molar-refractivity contribution in [1.29, 1.82) is 0 Å². The average molecular weight is 236 g/mol. The fourth-order valence-electron chi connectivity index (χ4n) is 0.831. The highest BCUT2D eigenvalue weighted by molar-refractivity contribution is 6.32. The summed E-state index contributed by atoms with van der Waals surface area (Å²) < 4.78 is 17.0. The SMILES string of the molecule is O=C(O)Oc1cc([N+](=O)[O-])c(F)cc1Cl. The van der Waals surface area contributed by atoms with Gasteiger partial charge in [-0.25, -0.2) is 4.79 Å². The number of carbonyl (C=O) groups is 1. The fourth-order valence-corrected chi connectivity index (χ4v) is 1.02. The smallest absolute Gasteiger partial charge is 0.449 e. The molecule has 80 valence electrons. The van der Waals surface area contributed by atoms with Gasteiger partial charge in [0.25, 0.3) is 0 Å². The van der Waals surface area contributed by atoms with E-state index in [0.29, 0.717) is 12.1 Å². The maximum atomic E-state index is 12.9. The molecule has 1 aromatic rings. The van der Waals surface area contributed by atoms with Gasteiger partial charge >= 0.3 is 11.8 Å². The average Bonchev–Trinajstić information content (AvgIpc) is 2.08. The summed E-state index contributed by atoms with van der Waals surface area (Å²) in [5, 5.41) is 18.2. The van der Waals surface area contributed by atoms with Crippen LogP contribution in [-0.4, -0.2) is 16.2 Å². The number of carboxylic acid groups (broad SMARTS) is 1.